The van der Waals surface area contributed by atoms with E-state index in [-0.39, 0.29) is 0 Å². The topological polar surface area (TPSA) is 23.8 Å². The lowest BCUT2D eigenvalue weighted by atomic mass is 10.1. The van der Waals surface area contributed by atoms with Crippen LogP contribution in [0.1, 0.15) is 11.1 Å². The van der Waals surface area contributed by atoms with E-state index in [1.54, 1.807) is 12.1 Å². The fourth-order valence-corrected chi connectivity index (χ4v) is 1.92. The molecule has 0 heterocycles. The zero-order valence-electron chi connectivity index (χ0n) is 10.1. The molecule has 0 unspecified atom stereocenters. The molecule has 1 rings (SSSR count). The first-order valence-corrected chi connectivity index (χ1v) is 9.73. The van der Waals surface area contributed by atoms with Gasteiger partial charge in [0.15, 0.2) is 0 Å². The van der Waals surface area contributed by atoms with Crippen molar-refractivity contribution in [2.75, 3.05) is 0 Å². The van der Waals surface area contributed by atoms with E-state index in [2.05, 4.69) is 71.6 Å². The average molecular weight is 349 g/mol. The number of halogens is 1. The summed E-state index contributed by atoms with van der Waals surface area (Å²) in [4.78, 5) is 0. The molecule has 0 saturated carbocycles. The Morgan fingerprint density at radius 2 is 1.88 bits per heavy atom. The van der Waals surface area contributed by atoms with Crippen LogP contribution in [-0.2, 0) is 0 Å². The van der Waals surface area contributed by atoms with Crippen LogP contribution in [0.15, 0.2) is 18.2 Å². The maximum atomic E-state index is 8.81. The molecule has 0 saturated heterocycles. The molecule has 0 aliphatic rings. The molecule has 0 aliphatic heterocycles. The number of rotatable bonds is 0. The van der Waals surface area contributed by atoms with Gasteiger partial charge in [0.05, 0.1) is 11.6 Å². The fraction of sp³-hybridized carbons (Fsp3) is 0.214. The Kier molecular flexibility index (Phi) is 4.81. The monoisotopic (exact) mass is 349 g/mol. The second-order valence-corrected chi connectivity index (χ2v) is 10.5. The summed E-state index contributed by atoms with van der Waals surface area (Å²) < 4.78 is 1.05. The third-order valence-corrected chi connectivity index (χ3v) is 3.61. The number of benzene rings is 1. The largest absolute Gasteiger partial charge is 0.192 e. The zero-order chi connectivity index (χ0) is 12.9. The maximum absolute atomic E-state index is 8.81. The van der Waals surface area contributed by atoms with Crippen LogP contribution in [0, 0.1) is 38.2 Å². The molecular formula is C14H12INSi. The van der Waals surface area contributed by atoms with Crippen molar-refractivity contribution >= 4 is 30.7 Å². The highest BCUT2D eigenvalue weighted by atomic mass is 127. The summed E-state index contributed by atoms with van der Waals surface area (Å²) in [5.41, 5.74) is 4.69. The Morgan fingerprint density at radius 1 is 1.18 bits per heavy atom. The second-order valence-electron chi connectivity index (χ2n) is 4.56. The average Bonchev–Trinajstić information content (AvgIpc) is 2.25. The molecule has 84 valence electrons. The molecule has 1 aromatic rings. The van der Waals surface area contributed by atoms with Crippen molar-refractivity contribution in [3.8, 4) is 29.4 Å². The van der Waals surface area contributed by atoms with Gasteiger partial charge in [-0.1, -0.05) is 25.6 Å². The van der Waals surface area contributed by atoms with E-state index >= 15 is 0 Å². The van der Waals surface area contributed by atoms with Gasteiger partial charge in [0.25, 0.3) is 0 Å². The van der Waals surface area contributed by atoms with Gasteiger partial charge in [0.1, 0.15) is 8.07 Å². The lowest BCUT2D eigenvalue weighted by Gasteiger charge is -2.01. The minimum atomic E-state index is -1.34. The molecular weight excluding hydrogens is 337 g/mol. The predicted octanol–water partition coefficient (Wildman–Crippen LogP) is 3.40. The van der Waals surface area contributed by atoms with Gasteiger partial charge in [-0.05, 0) is 52.6 Å². The van der Waals surface area contributed by atoms with E-state index in [0.29, 0.717) is 5.56 Å². The van der Waals surface area contributed by atoms with E-state index in [0.717, 1.165) is 9.13 Å². The molecule has 0 spiro atoms. The highest BCUT2D eigenvalue weighted by Crippen LogP contribution is 2.12. The summed E-state index contributed by atoms with van der Waals surface area (Å²) in [7, 11) is -1.34. The molecule has 0 amide bonds. The van der Waals surface area contributed by atoms with Crippen molar-refractivity contribution in [1.82, 2.24) is 0 Å². The normalized spacial score (nSPS) is 9.35. The van der Waals surface area contributed by atoms with E-state index in [4.69, 9.17) is 5.26 Å². The Labute approximate surface area is 117 Å². The first-order valence-electron chi connectivity index (χ1n) is 5.15. The van der Waals surface area contributed by atoms with Crippen molar-refractivity contribution in [2.24, 2.45) is 0 Å². The summed E-state index contributed by atoms with van der Waals surface area (Å²) in [6.45, 7) is 6.55. The minimum absolute atomic E-state index is 0.632. The fourth-order valence-electron chi connectivity index (χ4n) is 1.01. The zero-order valence-corrected chi connectivity index (χ0v) is 13.2. The Hall–Kier alpha value is -1.22. The third-order valence-electron chi connectivity index (χ3n) is 1.79. The molecule has 0 radical (unpaired) electrons. The van der Waals surface area contributed by atoms with Crippen LogP contribution in [0.25, 0.3) is 0 Å². The Bertz CT molecular complexity index is 583. The summed E-state index contributed by atoms with van der Waals surface area (Å²) in [5, 5.41) is 8.81. The Balaban J connectivity index is 3.00. The quantitative estimate of drug-likeness (QED) is 0.400. The van der Waals surface area contributed by atoms with Gasteiger partial charge in [-0.3, -0.25) is 0 Å². The molecule has 0 bridgehead atoms. The highest BCUT2D eigenvalue weighted by molar-refractivity contribution is 14.1. The first-order chi connectivity index (χ1) is 7.92. The van der Waals surface area contributed by atoms with Crippen LogP contribution in [-0.4, -0.2) is 8.07 Å². The van der Waals surface area contributed by atoms with Gasteiger partial charge in [0, 0.05) is 9.13 Å². The van der Waals surface area contributed by atoms with Crippen molar-refractivity contribution in [3.05, 3.63) is 32.9 Å². The standard InChI is InChI=1S/C14H12INSi/c1-17(2,3)9-5-4-6-13-10-12(11-16)7-8-14(13)15/h7-8,10H,1-3H3. The maximum Gasteiger partial charge on any atom is 0.130 e. The van der Waals surface area contributed by atoms with Gasteiger partial charge in [-0.2, -0.15) is 5.26 Å². The van der Waals surface area contributed by atoms with Crippen LogP contribution >= 0.6 is 22.6 Å². The van der Waals surface area contributed by atoms with Gasteiger partial charge < -0.3 is 0 Å². The number of hydrogen-bond donors (Lipinski definition) is 0. The van der Waals surface area contributed by atoms with E-state index in [1.165, 1.54) is 0 Å². The Morgan fingerprint density at radius 3 is 2.47 bits per heavy atom. The van der Waals surface area contributed by atoms with Crippen molar-refractivity contribution in [2.45, 2.75) is 19.6 Å². The predicted molar refractivity (Wildman–Crippen MR) is 81.9 cm³/mol. The second kappa shape index (κ2) is 5.91. The van der Waals surface area contributed by atoms with Gasteiger partial charge in [-0.25, -0.2) is 0 Å². The number of nitrogens with zero attached hydrogens (tertiary/aromatic N) is 1. The van der Waals surface area contributed by atoms with Crippen molar-refractivity contribution in [3.63, 3.8) is 0 Å². The van der Waals surface area contributed by atoms with Crippen LogP contribution in [0.2, 0.25) is 19.6 Å². The highest BCUT2D eigenvalue weighted by Gasteiger charge is 2.06. The van der Waals surface area contributed by atoms with E-state index in [1.807, 2.05) is 6.07 Å². The minimum Gasteiger partial charge on any atom is -0.192 e. The molecule has 1 aromatic carbocycles. The van der Waals surface area contributed by atoms with E-state index < -0.39 is 8.07 Å². The summed E-state index contributed by atoms with van der Waals surface area (Å²) in [5.74, 6) is 8.76. The molecule has 0 fully saturated rings. The number of hydrogen-bond acceptors (Lipinski definition) is 1. The lowest BCUT2D eigenvalue weighted by Crippen LogP contribution is -2.16. The summed E-state index contributed by atoms with van der Waals surface area (Å²) in [6, 6.07) is 7.60. The van der Waals surface area contributed by atoms with Gasteiger partial charge in [0.2, 0.25) is 0 Å². The lowest BCUT2D eigenvalue weighted by molar-refractivity contribution is 1.46. The smallest absolute Gasteiger partial charge is 0.130 e. The van der Waals surface area contributed by atoms with Crippen LogP contribution in [0.3, 0.4) is 0 Å². The molecule has 0 aliphatic carbocycles. The molecule has 3 heteroatoms. The molecule has 0 aromatic heterocycles. The van der Waals surface area contributed by atoms with Crippen molar-refractivity contribution in [1.29, 1.82) is 5.26 Å². The molecule has 1 nitrogen and oxygen atoms in total. The van der Waals surface area contributed by atoms with Crippen LogP contribution < -0.4 is 0 Å². The van der Waals surface area contributed by atoms with Gasteiger partial charge in [-0.15, -0.1) is 5.54 Å². The molecule has 0 N–H and O–H groups in total. The third kappa shape index (κ3) is 5.09. The van der Waals surface area contributed by atoms with E-state index in [9.17, 15) is 0 Å². The summed E-state index contributed by atoms with van der Waals surface area (Å²) >= 11 is 2.21. The molecule has 17 heavy (non-hydrogen) atoms. The van der Waals surface area contributed by atoms with Gasteiger partial charge >= 0.3 is 0 Å². The SMILES string of the molecule is C[Si](C)(C)C#CC#Cc1cc(C#N)ccc1I. The molecule has 0 atom stereocenters. The summed E-state index contributed by atoms with van der Waals surface area (Å²) in [6.07, 6.45) is 0. The van der Waals surface area contributed by atoms with Crippen LogP contribution in [0.4, 0.5) is 0 Å². The van der Waals surface area contributed by atoms with Crippen molar-refractivity contribution < 1.29 is 0 Å². The van der Waals surface area contributed by atoms with Crippen LogP contribution in [0.5, 0.6) is 0 Å². The number of nitriles is 1. The first kappa shape index (κ1) is 13.8.